The summed E-state index contributed by atoms with van der Waals surface area (Å²) < 4.78 is 17.2. The highest BCUT2D eigenvalue weighted by Crippen LogP contribution is 2.44. The number of fused-ring (bicyclic) bond motifs is 1. The van der Waals surface area contributed by atoms with Crippen molar-refractivity contribution in [1.82, 2.24) is 20.0 Å². The average Bonchev–Trinajstić information content (AvgIpc) is 3.44. The van der Waals surface area contributed by atoms with Crippen molar-refractivity contribution >= 4 is 17.5 Å². The Kier molecular flexibility index (Phi) is 7.46. The fourth-order valence-electron chi connectivity index (χ4n) is 4.91. The van der Waals surface area contributed by atoms with Gasteiger partial charge in [-0.3, -0.25) is 14.8 Å². The summed E-state index contributed by atoms with van der Waals surface area (Å²) in [6, 6.07) is 13.2. The number of aromatic nitrogens is 2. The summed E-state index contributed by atoms with van der Waals surface area (Å²) in [6.07, 6.45) is 0. The van der Waals surface area contributed by atoms with Gasteiger partial charge in [0.25, 0.3) is 5.91 Å². The lowest BCUT2D eigenvalue weighted by atomic mass is 9.95. The normalized spacial score (nSPS) is 17.9. The fourth-order valence-corrected chi connectivity index (χ4v) is 5.04. The molecular formula is C27H31ClN4O4. The minimum absolute atomic E-state index is 0.0529. The molecule has 1 unspecified atom stereocenters. The molecular weight excluding hydrogens is 480 g/mol. The van der Waals surface area contributed by atoms with Gasteiger partial charge in [0.15, 0.2) is 11.5 Å². The molecule has 1 fully saturated rings. The summed E-state index contributed by atoms with van der Waals surface area (Å²) in [5.74, 6) is 1.31. The number of carbonyl (C=O) groups excluding carboxylic acids is 1. The third-order valence-electron chi connectivity index (χ3n) is 6.63. The minimum atomic E-state index is -0.312. The van der Waals surface area contributed by atoms with Gasteiger partial charge in [0.2, 0.25) is 0 Å². The van der Waals surface area contributed by atoms with E-state index < -0.39 is 0 Å². The van der Waals surface area contributed by atoms with Gasteiger partial charge < -0.3 is 19.1 Å². The number of amides is 1. The van der Waals surface area contributed by atoms with Crippen molar-refractivity contribution in [3.05, 3.63) is 64.3 Å². The molecule has 8 nitrogen and oxygen atoms in total. The summed E-state index contributed by atoms with van der Waals surface area (Å²) in [4.78, 5) is 17.9. The topological polar surface area (TPSA) is 79.9 Å². The molecule has 1 aromatic heterocycles. The molecule has 5 rings (SSSR count). The van der Waals surface area contributed by atoms with Gasteiger partial charge in [-0.25, -0.2) is 0 Å². The van der Waals surface area contributed by atoms with Crippen LogP contribution in [0.5, 0.6) is 11.5 Å². The second-order valence-electron chi connectivity index (χ2n) is 8.80. The smallest absolute Gasteiger partial charge is 0.273 e. The molecule has 3 heterocycles. The first-order valence-corrected chi connectivity index (χ1v) is 12.8. The predicted molar refractivity (Wildman–Crippen MR) is 138 cm³/mol. The second-order valence-corrected chi connectivity index (χ2v) is 9.23. The van der Waals surface area contributed by atoms with Crippen LogP contribution >= 0.6 is 11.6 Å². The Hall–Kier alpha value is -3.07. The van der Waals surface area contributed by atoms with Crippen molar-refractivity contribution in [2.75, 3.05) is 52.6 Å². The number of morpholine rings is 1. The molecule has 3 aromatic rings. The van der Waals surface area contributed by atoms with Gasteiger partial charge in [-0.2, -0.15) is 5.10 Å². The monoisotopic (exact) mass is 510 g/mol. The van der Waals surface area contributed by atoms with Gasteiger partial charge in [0, 0.05) is 42.3 Å². The molecule has 0 spiro atoms. The molecule has 190 valence electrons. The molecule has 1 amide bonds. The van der Waals surface area contributed by atoms with E-state index in [4.69, 9.17) is 25.8 Å². The summed E-state index contributed by atoms with van der Waals surface area (Å²) in [7, 11) is 0. The lowest BCUT2D eigenvalue weighted by Crippen LogP contribution is -2.42. The molecule has 0 radical (unpaired) electrons. The first-order valence-electron chi connectivity index (χ1n) is 12.5. The van der Waals surface area contributed by atoms with Gasteiger partial charge in [-0.05, 0) is 43.7 Å². The van der Waals surface area contributed by atoms with E-state index >= 15 is 0 Å². The number of hydrogen-bond acceptors (Lipinski definition) is 6. The molecule has 2 aliphatic heterocycles. The average molecular weight is 511 g/mol. The maximum Gasteiger partial charge on any atom is 0.273 e. The molecule has 2 aromatic carbocycles. The molecule has 9 heteroatoms. The highest BCUT2D eigenvalue weighted by atomic mass is 35.5. The maximum absolute atomic E-state index is 13.7. The van der Waals surface area contributed by atoms with Crippen LogP contribution in [0.1, 0.15) is 41.5 Å². The lowest BCUT2D eigenvalue weighted by Gasteiger charge is -2.31. The number of H-pyrrole nitrogens is 1. The van der Waals surface area contributed by atoms with Gasteiger partial charge in [0.05, 0.1) is 38.2 Å². The van der Waals surface area contributed by atoms with Crippen LogP contribution in [0.3, 0.4) is 0 Å². The lowest BCUT2D eigenvalue weighted by molar-refractivity contribution is 0.0316. The van der Waals surface area contributed by atoms with E-state index in [0.717, 1.165) is 55.2 Å². The maximum atomic E-state index is 13.7. The first kappa shape index (κ1) is 24.6. The number of carbonyl (C=O) groups is 1. The summed E-state index contributed by atoms with van der Waals surface area (Å²) >= 11 is 6.13. The van der Waals surface area contributed by atoms with E-state index in [1.807, 2.05) is 61.2 Å². The Bertz CT molecular complexity index is 1210. The molecule has 0 bridgehead atoms. The highest BCUT2D eigenvalue weighted by molar-refractivity contribution is 6.30. The molecule has 1 saturated heterocycles. The zero-order valence-corrected chi connectivity index (χ0v) is 21.4. The van der Waals surface area contributed by atoms with Crippen molar-refractivity contribution < 1.29 is 19.0 Å². The van der Waals surface area contributed by atoms with Gasteiger partial charge in [0.1, 0.15) is 5.69 Å². The van der Waals surface area contributed by atoms with Crippen LogP contribution in [0, 0.1) is 0 Å². The summed E-state index contributed by atoms with van der Waals surface area (Å²) in [5.41, 5.74) is 4.00. The highest BCUT2D eigenvalue weighted by Gasteiger charge is 2.42. The van der Waals surface area contributed by atoms with E-state index in [-0.39, 0.29) is 11.9 Å². The molecule has 36 heavy (non-hydrogen) atoms. The van der Waals surface area contributed by atoms with Crippen LogP contribution in [-0.2, 0) is 4.74 Å². The van der Waals surface area contributed by atoms with Crippen molar-refractivity contribution in [2.45, 2.75) is 19.9 Å². The Morgan fingerprint density at radius 2 is 1.75 bits per heavy atom. The largest absolute Gasteiger partial charge is 0.490 e. The van der Waals surface area contributed by atoms with Crippen LogP contribution in [0.15, 0.2) is 42.5 Å². The number of rotatable bonds is 9. The Morgan fingerprint density at radius 1 is 1.03 bits per heavy atom. The zero-order chi connectivity index (χ0) is 25.1. The minimum Gasteiger partial charge on any atom is -0.490 e. The van der Waals surface area contributed by atoms with Crippen molar-refractivity contribution in [3.8, 4) is 22.8 Å². The SMILES string of the molecule is CCOc1ccc(C2c3c(-c4ccc(Cl)cc4)n[nH]c3C(=O)N2CCN2CCOCC2)cc1OCC. The van der Waals surface area contributed by atoms with E-state index in [0.29, 0.717) is 42.0 Å². The van der Waals surface area contributed by atoms with E-state index in [2.05, 4.69) is 15.1 Å². The Morgan fingerprint density at radius 3 is 2.47 bits per heavy atom. The van der Waals surface area contributed by atoms with Gasteiger partial charge in [-0.15, -0.1) is 0 Å². The van der Waals surface area contributed by atoms with Gasteiger partial charge >= 0.3 is 0 Å². The third-order valence-corrected chi connectivity index (χ3v) is 6.88. The molecule has 0 saturated carbocycles. The molecule has 1 atom stereocenters. The van der Waals surface area contributed by atoms with E-state index in [1.165, 1.54) is 0 Å². The number of nitrogens with one attached hydrogen (secondary N) is 1. The van der Waals surface area contributed by atoms with Crippen LogP contribution < -0.4 is 9.47 Å². The van der Waals surface area contributed by atoms with Gasteiger partial charge in [-0.1, -0.05) is 29.8 Å². The summed E-state index contributed by atoms with van der Waals surface area (Å²) in [5, 5.41) is 8.23. The molecule has 0 aliphatic carbocycles. The van der Waals surface area contributed by atoms with E-state index in [9.17, 15) is 4.79 Å². The molecule has 1 N–H and O–H groups in total. The Balaban J connectivity index is 1.56. The predicted octanol–water partition coefficient (Wildman–Crippen LogP) is 4.40. The van der Waals surface area contributed by atoms with E-state index in [1.54, 1.807) is 0 Å². The van der Waals surface area contributed by atoms with Crippen molar-refractivity contribution in [2.24, 2.45) is 0 Å². The number of nitrogens with zero attached hydrogens (tertiary/aromatic N) is 3. The second kappa shape index (κ2) is 10.9. The number of aromatic amines is 1. The fraction of sp³-hybridized carbons (Fsp3) is 0.407. The first-order chi connectivity index (χ1) is 17.6. The zero-order valence-electron chi connectivity index (χ0n) is 20.6. The standard InChI is InChI=1S/C27H31ClN4O4/c1-3-35-21-10-7-19(17-22(21)36-4-2)26-23-24(18-5-8-20(28)9-6-18)29-30-25(23)27(33)32(26)12-11-31-13-15-34-16-14-31/h5-10,17,26H,3-4,11-16H2,1-2H3,(H,29,30). The molecule has 2 aliphatic rings. The van der Waals surface area contributed by atoms with Crippen LogP contribution in [0.25, 0.3) is 11.3 Å². The summed E-state index contributed by atoms with van der Waals surface area (Å²) in [6.45, 7) is 9.49. The van der Waals surface area contributed by atoms with Crippen LogP contribution in [0.2, 0.25) is 5.02 Å². The number of benzene rings is 2. The number of ether oxygens (including phenoxy) is 3. The Labute approximate surface area is 216 Å². The quantitative estimate of drug-likeness (QED) is 0.459. The van der Waals surface area contributed by atoms with Crippen LogP contribution in [-0.4, -0.2) is 78.5 Å². The third kappa shape index (κ3) is 4.81. The van der Waals surface area contributed by atoms with Crippen molar-refractivity contribution in [3.63, 3.8) is 0 Å². The number of hydrogen-bond donors (Lipinski definition) is 1. The van der Waals surface area contributed by atoms with Crippen LogP contribution in [0.4, 0.5) is 0 Å². The van der Waals surface area contributed by atoms with Crippen molar-refractivity contribution in [1.29, 1.82) is 0 Å². The number of halogens is 1.